The predicted molar refractivity (Wildman–Crippen MR) is 88.0 cm³/mol. The van der Waals surface area contributed by atoms with Crippen molar-refractivity contribution in [2.75, 3.05) is 12.3 Å². The fraction of sp³-hybridized carbons (Fsp3) is 0.714. The van der Waals surface area contributed by atoms with Crippen LogP contribution in [0.5, 0.6) is 0 Å². The van der Waals surface area contributed by atoms with Crippen LogP contribution in [0.4, 0.5) is 5.95 Å². The normalized spacial score (nSPS) is 13.1. The van der Waals surface area contributed by atoms with Gasteiger partial charge in [-0.1, -0.05) is 27.7 Å². The highest BCUT2D eigenvalue weighted by Gasteiger charge is 2.53. The Bertz CT molecular complexity index is 642. The molecule has 0 atom stereocenters. The van der Waals surface area contributed by atoms with E-state index < -0.39 is 24.8 Å². The van der Waals surface area contributed by atoms with E-state index in [9.17, 15) is 19.1 Å². The summed E-state index contributed by atoms with van der Waals surface area (Å²) in [5.41, 5.74) is 5.91. The first-order valence-corrected chi connectivity index (χ1v) is 9.08. The van der Waals surface area contributed by atoms with Gasteiger partial charge in [-0.05, 0) is 18.8 Å². The van der Waals surface area contributed by atoms with E-state index in [1.807, 2.05) is 0 Å². The molecule has 132 valence electrons. The number of aromatic nitrogens is 2. The van der Waals surface area contributed by atoms with Gasteiger partial charge in [0.25, 0.3) is 5.56 Å². The minimum atomic E-state index is -4.53. The van der Waals surface area contributed by atoms with Crippen molar-refractivity contribution in [1.82, 2.24) is 9.55 Å². The van der Waals surface area contributed by atoms with Crippen LogP contribution in [-0.2, 0) is 15.8 Å². The summed E-state index contributed by atoms with van der Waals surface area (Å²) in [5.74, 6) is -0.767. The lowest BCUT2D eigenvalue weighted by Crippen LogP contribution is -2.44. The molecule has 4 N–H and O–H groups in total. The van der Waals surface area contributed by atoms with Gasteiger partial charge in [-0.15, -0.1) is 0 Å². The third-order valence-electron chi connectivity index (χ3n) is 3.92. The molecule has 9 heteroatoms. The molecular weight excluding hydrogens is 321 g/mol. The lowest BCUT2D eigenvalue weighted by Gasteiger charge is -2.41. The second-order valence-corrected chi connectivity index (χ2v) is 7.99. The zero-order chi connectivity index (χ0) is 18.0. The van der Waals surface area contributed by atoms with Crippen molar-refractivity contribution in [3.8, 4) is 0 Å². The summed E-state index contributed by atoms with van der Waals surface area (Å²) >= 11 is 0. The molecule has 0 radical (unpaired) electrons. The number of rotatable bonds is 7. The van der Waals surface area contributed by atoms with Crippen molar-refractivity contribution in [2.45, 2.75) is 46.5 Å². The topological polar surface area (TPSA) is 128 Å². The zero-order valence-electron chi connectivity index (χ0n) is 14.2. The molecule has 0 saturated carbocycles. The van der Waals surface area contributed by atoms with Gasteiger partial charge in [0.15, 0.2) is 5.34 Å². The Labute approximate surface area is 135 Å². The van der Waals surface area contributed by atoms with E-state index in [2.05, 4.69) is 4.98 Å². The van der Waals surface area contributed by atoms with Crippen LogP contribution >= 0.6 is 7.60 Å². The van der Waals surface area contributed by atoms with Gasteiger partial charge in [0.05, 0.1) is 13.2 Å². The van der Waals surface area contributed by atoms with Gasteiger partial charge in [0, 0.05) is 11.8 Å². The summed E-state index contributed by atoms with van der Waals surface area (Å²) in [6.45, 7) is 8.48. The van der Waals surface area contributed by atoms with Crippen LogP contribution in [-0.4, -0.2) is 31.3 Å². The average Bonchev–Trinajstić information content (AvgIpc) is 2.34. The maximum absolute atomic E-state index is 12.0. The number of nitrogen functional groups attached to an aromatic ring is 1. The van der Waals surface area contributed by atoms with Crippen molar-refractivity contribution < 1.29 is 19.1 Å². The monoisotopic (exact) mass is 347 g/mol. The Morgan fingerprint density at radius 3 is 2.26 bits per heavy atom. The van der Waals surface area contributed by atoms with Gasteiger partial charge in [-0.25, -0.2) is 4.98 Å². The summed E-state index contributed by atoms with van der Waals surface area (Å²) in [6.07, 6.45) is 0. The van der Waals surface area contributed by atoms with Gasteiger partial charge in [-0.2, -0.15) is 0 Å². The number of ether oxygens (including phenoxy) is 1. The van der Waals surface area contributed by atoms with E-state index in [1.54, 1.807) is 34.6 Å². The molecule has 1 rings (SSSR count). The van der Waals surface area contributed by atoms with Crippen molar-refractivity contribution in [2.24, 2.45) is 11.8 Å². The molecule has 23 heavy (non-hydrogen) atoms. The van der Waals surface area contributed by atoms with Crippen molar-refractivity contribution in [3.05, 3.63) is 22.1 Å². The Morgan fingerprint density at radius 2 is 1.87 bits per heavy atom. The van der Waals surface area contributed by atoms with Crippen LogP contribution in [0, 0.1) is 18.8 Å². The third kappa shape index (κ3) is 4.01. The first-order chi connectivity index (χ1) is 10.4. The highest BCUT2D eigenvalue weighted by Crippen LogP contribution is 2.59. The van der Waals surface area contributed by atoms with Crippen LogP contribution in [0.25, 0.3) is 0 Å². The molecule has 0 bridgehead atoms. The molecule has 0 aliphatic carbocycles. The molecule has 0 aliphatic rings. The fourth-order valence-electron chi connectivity index (χ4n) is 2.92. The van der Waals surface area contributed by atoms with Crippen molar-refractivity contribution >= 4 is 13.5 Å². The summed E-state index contributed by atoms with van der Waals surface area (Å²) < 4.78 is 18.9. The van der Waals surface area contributed by atoms with E-state index in [4.69, 9.17) is 10.5 Å². The fourth-order valence-corrected chi connectivity index (χ4v) is 4.53. The number of anilines is 1. The first-order valence-electron chi connectivity index (χ1n) is 7.47. The van der Waals surface area contributed by atoms with Crippen LogP contribution in [0.1, 0.15) is 33.4 Å². The maximum atomic E-state index is 12.0. The Hall–Kier alpha value is -1.21. The summed E-state index contributed by atoms with van der Waals surface area (Å²) in [7, 11) is -4.53. The van der Waals surface area contributed by atoms with Crippen LogP contribution in [0.3, 0.4) is 0 Å². The van der Waals surface area contributed by atoms with Gasteiger partial charge < -0.3 is 20.3 Å². The Morgan fingerprint density at radius 1 is 1.35 bits per heavy atom. The van der Waals surface area contributed by atoms with E-state index >= 15 is 0 Å². The Kier molecular flexibility index (Phi) is 6.15. The average molecular weight is 347 g/mol. The minimum absolute atomic E-state index is 0.0504. The van der Waals surface area contributed by atoms with E-state index in [1.165, 1.54) is 10.6 Å². The maximum Gasteiger partial charge on any atom is 0.357 e. The molecule has 1 aromatic heterocycles. The Balaban J connectivity index is 3.02. The lowest BCUT2D eigenvalue weighted by molar-refractivity contribution is -0.0648. The second-order valence-electron chi connectivity index (χ2n) is 6.20. The highest BCUT2D eigenvalue weighted by atomic mass is 31.2. The van der Waals surface area contributed by atoms with Crippen molar-refractivity contribution in [3.63, 3.8) is 0 Å². The van der Waals surface area contributed by atoms with E-state index in [0.717, 1.165) is 0 Å². The minimum Gasteiger partial charge on any atom is -0.369 e. The number of nitrogens with two attached hydrogens (primary N) is 1. The summed E-state index contributed by atoms with van der Waals surface area (Å²) in [5, 5.41) is -1.61. The summed E-state index contributed by atoms with van der Waals surface area (Å²) in [4.78, 5) is 35.5. The van der Waals surface area contributed by atoms with Gasteiger partial charge in [-0.3, -0.25) is 13.9 Å². The first kappa shape index (κ1) is 19.8. The van der Waals surface area contributed by atoms with Crippen LogP contribution in [0.2, 0.25) is 0 Å². The molecule has 0 saturated heterocycles. The van der Waals surface area contributed by atoms with Crippen LogP contribution in [0.15, 0.2) is 10.9 Å². The molecular formula is C14H26N3O5P. The molecule has 8 nitrogen and oxygen atoms in total. The number of aryl methyl sites for hydroxylation is 1. The molecule has 0 aromatic carbocycles. The molecule has 0 amide bonds. The molecule has 1 heterocycles. The number of hydrogen-bond acceptors (Lipinski definition) is 5. The number of hydrogen-bond donors (Lipinski definition) is 3. The van der Waals surface area contributed by atoms with E-state index in [-0.39, 0.29) is 24.7 Å². The van der Waals surface area contributed by atoms with Gasteiger partial charge in [0.1, 0.15) is 0 Å². The summed E-state index contributed by atoms with van der Waals surface area (Å²) in [6, 6.07) is 1.34. The van der Waals surface area contributed by atoms with Crippen LogP contribution < -0.4 is 11.3 Å². The standard InChI is InChI=1S/C14H26N3O5P/c1-9(2)14(10(3)4,23(19,20)21)22-7-6-17-12(18)8-11(5)16-13(17)15/h8-10H,6-7H2,1-5H3,(H2,15,16)(H2,19,20,21). The molecule has 0 fully saturated rings. The second kappa shape index (κ2) is 7.13. The largest absolute Gasteiger partial charge is 0.369 e. The highest BCUT2D eigenvalue weighted by molar-refractivity contribution is 7.53. The molecule has 0 aliphatic heterocycles. The zero-order valence-corrected chi connectivity index (χ0v) is 15.1. The number of nitrogens with zero attached hydrogens (tertiary/aromatic N) is 2. The smallest absolute Gasteiger partial charge is 0.357 e. The SMILES string of the molecule is Cc1cc(=O)n(CCOC(C(C)C)(C(C)C)P(=O)(O)O)c(N)n1. The van der Waals surface area contributed by atoms with E-state index in [0.29, 0.717) is 5.69 Å². The molecule has 0 unspecified atom stereocenters. The quantitative estimate of drug-likeness (QED) is 0.635. The molecule has 1 aromatic rings. The van der Waals surface area contributed by atoms with Gasteiger partial charge >= 0.3 is 7.60 Å². The van der Waals surface area contributed by atoms with Crippen molar-refractivity contribution in [1.29, 1.82) is 0 Å². The predicted octanol–water partition coefficient (Wildman–Crippen LogP) is 1.34. The lowest BCUT2D eigenvalue weighted by atomic mass is 9.95. The van der Waals surface area contributed by atoms with Gasteiger partial charge in [0.2, 0.25) is 5.95 Å². The third-order valence-corrected chi connectivity index (χ3v) is 6.00. The molecule has 0 spiro atoms.